The van der Waals surface area contributed by atoms with Crippen LogP contribution in [-0.4, -0.2) is 51.2 Å². The second-order valence-electron chi connectivity index (χ2n) is 7.86. The summed E-state index contributed by atoms with van der Waals surface area (Å²) in [5, 5.41) is 17.3. The van der Waals surface area contributed by atoms with Crippen LogP contribution < -0.4 is 16.0 Å². The Morgan fingerprint density at radius 1 is 1.17 bits per heavy atom. The smallest absolute Gasteiger partial charge is 0.329 e. The van der Waals surface area contributed by atoms with Crippen LogP contribution >= 0.6 is 11.3 Å². The first kappa shape index (κ1) is 23.5. The summed E-state index contributed by atoms with van der Waals surface area (Å²) in [6.07, 6.45) is 4.69. The van der Waals surface area contributed by atoms with Crippen molar-refractivity contribution < 1.29 is 18.0 Å². The summed E-state index contributed by atoms with van der Waals surface area (Å²) < 4.78 is 37.0. The number of carbonyl (C=O) groups excluding carboxylic acids is 1. The molecule has 0 saturated heterocycles. The fraction of sp³-hybridized carbons (Fsp3) is 0.174. The van der Waals surface area contributed by atoms with Crippen molar-refractivity contribution in [2.75, 3.05) is 23.7 Å². The van der Waals surface area contributed by atoms with Gasteiger partial charge in [0.1, 0.15) is 17.4 Å². The number of nitrogens with one attached hydrogen (secondary N) is 3. The number of aromatic nitrogens is 3. The number of halogens is 3. The van der Waals surface area contributed by atoms with Crippen molar-refractivity contribution in [2.24, 2.45) is 4.99 Å². The zero-order valence-electron chi connectivity index (χ0n) is 18.5. The molecule has 0 spiro atoms. The molecule has 2 aliphatic rings. The van der Waals surface area contributed by atoms with Crippen LogP contribution in [0.4, 0.5) is 34.5 Å². The Morgan fingerprint density at radius 2 is 2.03 bits per heavy atom. The van der Waals surface area contributed by atoms with Crippen LogP contribution in [0.5, 0.6) is 0 Å². The molecule has 1 atom stereocenters. The fourth-order valence-corrected chi connectivity index (χ4v) is 4.45. The molecule has 3 aromatic rings. The van der Waals surface area contributed by atoms with Crippen molar-refractivity contribution in [3.63, 3.8) is 0 Å². The monoisotopic (exact) mass is 512 g/mol. The summed E-state index contributed by atoms with van der Waals surface area (Å²) in [6.45, 7) is -0.918. The third kappa shape index (κ3) is 5.51. The van der Waals surface area contributed by atoms with Crippen LogP contribution in [0.25, 0.3) is 5.57 Å². The van der Waals surface area contributed by atoms with Crippen molar-refractivity contribution in [3.8, 4) is 0 Å². The molecule has 3 N–H and O–H groups in total. The van der Waals surface area contributed by atoms with Gasteiger partial charge in [0, 0.05) is 23.7 Å². The second kappa shape index (κ2) is 9.77. The van der Waals surface area contributed by atoms with E-state index in [0.29, 0.717) is 17.4 Å². The zero-order valence-corrected chi connectivity index (χ0v) is 19.3. The Labute approximate surface area is 207 Å². The molecule has 1 aromatic carbocycles. The summed E-state index contributed by atoms with van der Waals surface area (Å²) in [5.41, 5.74) is 2.94. The first-order chi connectivity index (χ1) is 17.3. The maximum atomic E-state index is 12.3. The number of allylic oxidation sites excluding steroid dienone is 2. The van der Waals surface area contributed by atoms with E-state index < -0.39 is 18.8 Å². The minimum absolute atomic E-state index is 0.119. The van der Waals surface area contributed by atoms with E-state index in [0.717, 1.165) is 27.7 Å². The first-order valence-corrected chi connectivity index (χ1v) is 11.6. The van der Waals surface area contributed by atoms with Crippen molar-refractivity contribution >= 4 is 45.3 Å². The molecule has 2 aliphatic heterocycles. The molecule has 0 aliphatic carbocycles. The average Bonchev–Trinajstić information content (AvgIpc) is 3.50. The first-order valence-electron chi connectivity index (χ1n) is 10.8. The van der Waals surface area contributed by atoms with Gasteiger partial charge >= 0.3 is 12.2 Å². The number of hydrogen-bond donors (Lipinski definition) is 3. The molecule has 2 aromatic heterocycles. The molecule has 0 fully saturated rings. The molecule has 184 valence electrons. The van der Waals surface area contributed by atoms with E-state index in [2.05, 4.69) is 30.8 Å². The molecule has 13 heteroatoms. The molecule has 0 bridgehead atoms. The highest BCUT2D eigenvalue weighted by Gasteiger charge is 2.30. The Balaban J connectivity index is 1.24. The molecule has 5 rings (SSSR count). The van der Waals surface area contributed by atoms with Crippen LogP contribution in [0.1, 0.15) is 16.6 Å². The number of pyridine rings is 1. The van der Waals surface area contributed by atoms with Crippen LogP contribution in [-0.2, 0) is 0 Å². The lowest BCUT2D eigenvalue weighted by atomic mass is 10.0. The summed E-state index contributed by atoms with van der Waals surface area (Å²) in [6, 6.07) is 9.64. The SMILES string of the molecule is O=C(NCC(F)(F)F)Nc1cccc(C2CN=C3C=C(c4nnc(Nc5cccnc5)s4)C=CN32)c1. The van der Waals surface area contributed by atoms with E-state index in [1.165, 1.54) is 11.3 Å². The molecular formula is C23H19F3N8OS. The second-order valence-corrected chi connectivity index (χ2v) is 8.84. The van der Waals surface area contributed by atoms with Gasteiger partial charge in [-0.25, -0.2) is 4.79 Å². The van der Waals surface area contributed by atoms with E-state index in [-0.39, 0.29) is 6.04 Å². The third-order valence-corrected chi connectivity index (χ3v) is 6.18. The van der Waals surface area contributed by atoms with E-state index in [9.17, 15) is 18.0 Å². The number of urea groups is 1. The van der Waals surface area contributed by atoms with Crippen molar-refractivity contribution in [1.82, 2.24) is 25.4 Å². The number of amides is 2. The predicted octanol–water partition coefficient (Wildman–Crippen LogP) is 4.73. The molecule has 4 heterocycles. The number of amidine groups is 1. The van der Waals surface area contributed by atoms with Gasteiger partial charge in [-0.15, -0.1) is 10.2 Å². The van der Waals surface area contributed by atoms with E-state index >= 15 is 0 Å². The van der Waals surface area contributed by atoms with Crippen LogP contribution in [0, 0.1) is 0 Å². The summed E-state index contributed by atoms with van der Waals surface area (Å²) >= 11 is 1.41. The minimum atomic E-state index is -4.48. The van der Waals surface area contributed by atoms with Crippen LogP contribution in [0.15, 0.2) is 72.1 Å². The zero-order chi connectivity index (χ0) is 25.1. The third-order valence-electron chi connectivity index (χ3n) is 5.29. The van der Waals surface area contributed by atoms with Crippen molar-refractivity contribution in [3.05, 3.63) is 77.7 Å². The summed E-state index contributed by atoms with van der Waals surface area (Å²) in [7, 11) is 0. The largest absolute Gasteiger partial charge is 0.405 e. The highest BCUT2D eigenvalue weighted by Crippen LogP contribution is 2.34. The molecule has 2 amide bonds. The number of benzene rings is 1. The number of hydrogen-bond acceptors (Lipinski definition) is 8. The number of fused-ring (bicyclic) bond motifs is 1. The lowest BCUT2D eigenvalue weighted by Gasteiger charge is -2.26. The molecule has 36 heavy (non-hydrogen) atoms. The van der Waals surface area contributed by atoms with E-state index in [1.807, 2.05) is 41.5 Å². The van der Waals surface area contributed by atoms with Crippen LogP contribution in [0.3, 0.4) is 0 Å². The Kier molecular flexibility index (Phi) is 6.38. The predicted molar refractivity (Wildman–Crippen MR) is 131 cm³/mol. The van der Waals surface area contributed by atoms with Gasteiger partial charge in [0.2, 0.25) is 5.13 Å². The lowest BCUT2D eigenvalue weighted by molar-refractivity contribution is -0.122. The average molecular weight is 513 g/mol. The quantitative estimate of drug-likeness (QED) is 0.441. The highest BCUT2D eigenvalue weighted by molar-refractivity contribution is 7.16. The van der Waals surface area contributed by atoms with E-state index in [4.69, 9.17) is 0 Å². The summed E-state index contributed by atoms with van der Waals surface area (Å²) in [4.78, 5) is 22.5. The van der Waals surface area contributed by atoms with Gasteiger partial charge in [0.15, 0.2) is 0 Å². The molecule has 9 nitrogen and oxygen atoms in total. The number of aliphatic imine (C=N–C) groups is 1. The van der Waals surface area contributed by atoms with E-state index in [1.54, 1.807) is 35.9 Å². The standard InChI is InChI=1S/C23H19F3N8OS/c24-23(25,26)13-29-21(35)30-16-4-1-3-14(9-16)18-12-28-19-10-15(6-8-34(18)19)20-32-33-22(36-20)31-17-5-2-7-27-11-17/h1-11,18H,12-13H2,(H,31,33)(H2,29,30,35). The van der Waals surface area contributed by atoms with Gasteiger partial charge in [0.05, 0.1) is 24.5 Å². The van der Waals surface area contributed by atoms with Gasteiger partial charge in [-0.3, -0.25) is 9.98 Å². The maximum absolute atomic E-state index is 12.3. The lowest BCUT2D eigenvalue weighted by Crippen LogP contribution is -2.36. The Morgan fingerprint density at radius 3 is 2.83 bits per heavy atom. The number of carbonyl (C=O) groups is 1. The molecule has 0 radical (unpaired) electrons. The van der Waals surface area contributed by atoms with Crippen molar-refractivity contribution in [2.45, 2.75) is 12.2 Å². The fourth-order valence-electron chi connectivity index (χ4n) is 3.69. The highest BCUT2D eigenvalue weighted by atomic mass is 32.1. The van der Waals surface area contributed by atoms with Crippen molar-refractivity contribution in [1.29, 1.82) is 0 Å². The molecular weight excluding hydrogens is 493 g/mol. The summed E-state index contributed by atoms with van der Waals surface area (Å²) in [5.74, 6) is 0.760. The van der Waals surface area contributed by atoms with Gasteiger partial charge in [-0.1, -0.05) is 23.5 Å². The topological polar surface area (TPSA) is 107 Å². The Hall–Kier alpha value is -4.26. The van der Waals surface area contributed by atoms with Gasteiger partial charge in [0.25, 0.3) is 0 Å². The van der Waals surface area contributed by atoms with Crippen LogP contribution in [0.2, 0.25) is 0 Å². The molecule has 1 unspecified atom stereocenters. The maximum Gasteiger partial charge on any atom is 0.405 e. The number of anilines is 3. The Bertz CT molecular complexity index is 1350. The normalized spacial score (nSPS) is 16.8. The van der Waals surface area contributed by atoms with Gasteiger partial charge in [-0.05, 0) is 42.0 Å². The minimum Gasteiger partial charge on any atom is -0.329 e. The van der Waals surface area contributed by atoms with Gasteiger partial charge in [-0.2, -0.15) is 13.2 Å². The van der Waals surface area contributed by atoms with Gasteiger partial charge < -0.3 is 20.9 Å². The number of nitrogens with zero attached hydrogens (tertiary/aromatic N) is 5. The number of alkyl halides is 3. The number of rotatable bonds is 6. The molecule has 0 saturated carbocycles.